The highest BCUT2D eigenvalue weighted by atomic mass is 19.1. The van der Waals surface area contributed by atoms with Crippen LogP contribution in [0.15, 0.2) is 67.0 Å². The van der Waals surface area contributed by atoms with Crippen molar-refractivity contribution >= 4 is 17.2 Å². The lowest BCUT2D eigenvalue weighted by atomic mass is 10.1. The quantitative estimate of drug-likeness (QED) is 0.566. The zero-order valence-corrected chi connectivity index (χ0v) is 14.8. The Morgan fingerprint density at radius 3 is 2.71 bits per heavy atom. The molecule has 0 aliphatic rings. The lowest BCUT2D eigenvalue weighted by molar-refractivity contribution is 0.102. The van der Waals surface area contributed by atoms with Gasteiger partial charge in [0.15, 0.2) is 0 Å². The molecule has 2 heterocycles. The number of nitrogens with one attached hydrogen (secondary N) is 1. The van der Waals surface area contributed by atoms with Gasteiger partial charge in [-0.05, 0) is 42.5 Å². The second kappa shape index (κ2) is 7.11. The molecule has 0 saturated heterocycles. The Hall–Kier alpha value is -3.74. The van der Waals surface area contributed by atoms with Crippen molar-refractivity contribution in [2.75, 3.05) is 12.4 Å². The molecule has 0 fully saturated rings. The highest BCUT2D eigenvalue weighted by Gasteiger charge is 2.16. The largest absolute Gasteiger partial charge is 0.495 e. The van der Waals surface area contributed by atoms with Crippen LogP contribution in [0.25, 0.3) is 16.9 Å². The zero-order chi connectivity index (χ0) is 19.7. The van der Waals surface area contributed by atoms with Crippen LogP contribution in [0.1, 0.15) is 10.4 Å². The number of nitrogens with zero attached hydrogens (tertiary/aromatic N) is 2. The number of rotatable bonds is 4. The number of fused-ring (bicyclic) bond motifs is 1. The first kappa shape index (κ1) is 17.7. The molecule has 0 radical (unpaired) electrons. The first-order chi connectivity index (χ1) is 13.5. The second-order valence-electron chi connectivity index (χ2n) is 6.09. The van der Waals surface area contributed by atoms with E-state index in [1.165, 1.54) is 7.11 Å². The molecule has 0 saturated carbocycles. The molecule has 28 heavy (non-hydrogen) atoms. The van der Waals surface area contributed by atoms with Crippen LogP contribution in [0.3, 0.4) is 0 Å². The summed E-state index contributed by atoms with van der Waals surface area (Å²) in [6, 6.07) is 13.7. The van der Waals surface area contributed by atoms with Crippen molar-refractivity contribution < 1.29 is 18.3 Å². The zero-order valence-electron chi connectivity index (χ0n) is 14.8. The van der Waals surface area contributed by atoms with E-state index in [1.54, 1.807) is 12.1 Å². The summed E-state index contributed by atoms with van der Waals surface area (Å²) in [7, 11) is 1.47. The Morgan fingerprint density at radius 1 is 1.11 bits per heavy atom. The summed E-state index contributed by atoms with van der Waals surface area (Å²) in [6.45, 7) is 0. The van der Waals surface area contributed by atoms with Gasteiger partial charge in [0, 0.05) is 24.0 Å². The summed E-state index contributed by atoms with van der Waals surface area (Å²) in [5.74, 6) is -1.99. The smallest absolute Gasteiger partial charge is 0.258 e. The molecule has 1 amide bonds. The minimum Gasteiger partial charge on any atom is -0.495 e. The van der Waals surface area contributed by atoms with Gasteiger partial charge in [0.05, 0.1) is 24.1 Å². The molecule has 7 heteroatoms. The van der Waals surface area contributed by atoms with Gasteiger partial charge in [-0.3, -0.25) is 4.79 Å². The third-order valence-corrected chi connectivity index (χ3v) is 4.28. The van der Waals surface area contributed by atoms with Crippen LogP contribution in [0, 0.1) is 11.6 Å². The first-order valence-corrected chi connectivity index (χ1v) is 8.44. The van der Waals surface area contributed by atoms with Gasteiger partial charge in [0.1, 0.15) is 23.0 Å². The van der Waals surface area contributed by atoms with E-state index in [0.717, 1.165) is 23.3 Å². The molecule has 140 valence electrons. The van der Waals surface area contributed by atoms with Gasteiger partial charge < -0.3 is 14.5 Å². The number of carbonyl (C=O) groups excluding carboxylic acids is 1. The van der Waals surface area contributed by atoms with Crippen LogP contribution in [0.5, 0.6) is 5.75 Å². The fourth-order valence-corrected chi connectivity index (χ4v) is 2.90. The molecule has 2 aromatic carbocycles. The fourth-order valence-electron chi connectivity index (χ4n) is 2.90. The van der Waals surface area contributed by atoms with E-state index >= 15 is 0 Å². The van der Waals surface area contributed by atoms with E-state index in [1.807, 2.05) is 41.1 Å². The number of halogens is 2. The van der Waals surface area contributed by atoms with Crippen molar-refractivity contribution in [3.05, 3.63) is 84.2 Å². The van der Waals surface area contributed by atoms with E-state index in [9.17, 15) is 13.6 Å². The number of aromatic nitrogens is 2. The van der Waals surface area contributed by atoms with Gasteiger partial charge in [-0.25, -0.2) is 13.8 Å². The van der Waals surface area contributed by atoms with Crippen LogP contribution in [0.4, 0.5) is 14.5 Å². The summed E-state index contributed by atoms with van der Waals surface area (Å²) in [4.78, 5) is 17.0. The molecule has 0 bridgehead atoms. The highest BCUT2D eigenvalue weighted by molar-refractivity contribution is 6.05. The number of amides is 1. The van der Waals surface area contributed by atoms with Crippen molar-refractivity contribution in [1.29, 1.82) is 0 Å². The molecule has 1 N–H and O–H groups in total. The Bertz CT molecular complexity index is 1150. The maximum absolute atomic E-state index is 13.9. The predicted octanol–water partition coefficient (Wildman–Crippen LogP) is 4.54. The Balaban J connectivity index is 1.69. The van der Waals surface area contributed by atoms with Gasteiger partial charge in [-0.15, -0.1) is 0 Å². The Labute approximate surface area is 159 Å². The van der Waals surface area contributed by atoms with Gasteiger partial charge in [0.2, 0.25) is 0 Å². The van der Waals surface area contributed by atoms with Gasteiger partial charge in [-0.1, -0.05) is 6.07 Å². The standard InChI is InChI=1S/C21H15F2N3O2/c1-28-19-8-5-13(18-12-26-9-3-2-4-20(26)24-18)10-17(19)25-21(27)15-7-6-14(22)11-16(15)23/h2-12H,1H3,(H,25,27). The number of anilines is 1. The minimum absolute atomic E-state index is 0.262. The summed E-state index contributed by atoms with van der Waals surface area (Å²) in [5.41, 5.74) is 2.33. The molecular weight excluding hydrogens is 364 g/mol. The van der Waals surface area contributed by atoms with Crippen LogP contribution in [-0.4, -0.2) is 22.4 Å². The minimum atomic E-state index is -0.937. The Kier molecular flexibility index (Phi) is 4.49. The van der Waals surface area contributed by atoms with E-state index < -0.39 is 17.5 Å². The van der Waals surface area contributed by atoms with E-state index in [4.69, 9.17) is 4.74 Å². The molecular formula is C21H15F2N3O2. The topological polar surface area (TPSA) is 55.6 Å². The third kappa shape index (κ3) is 3.29. The molecule has 4 aromatic rings. The average Bonchev–Trinajstić information content (AvgIpc) is 3.12. The fraction of sp³-hybridized carbons (Fsp3) is 0.0476. The first-order valence-electron chi connectivity index (χ1n) is 8.44. The third-order valence-electron chi connectivity index (χ3n) is 4.28. The molecule has 0 unspecified atom stereocenters. The van der Waals surface area contributed by atoms with Crippen molar-refractivity contribution in [1.82, 2.24) is 9.38 Å². The number of pyridine rings is 1. The molecule has 0 aliphatic heterocycles. The molecule has 0 spiro atoms. The summed E-state index contributed by atoms with van der Waals surface area (Å²) < 4.78 is 34.2. The Morgan fingerprint density at radius 2 is 1.96 bits per heavy atom. The van der Waals surface area contributed by atoms with Crippen molar-refractivity contribution in [2.45, 2.75) is 0 Å². The van der Waals surface area contributed by atoms with Crippen LogP contribution in [-0.2, 0) is 0 Å². The molecule has 2 aromatic heterocycles. The van der Waals surface area contributed by atoms with E-state index in [-0.39, 0.29) is 5.56 Å². The monoisotopic (exact) mass is 379 g/mol. The lowest BCUT2D eigenvalue weighted by Crippen LogP contribution is -2.14. The molecule has 4 rings (SSSR count). The van der Waals surface area contributed by atoms with Gasteiger partial charge in [-0.2, -0.15) is 0 Å². The van der Waals surface area contributed by atoms with Crippen LogP contribution >= 0.6 is 0 Å². The number of ether oxygens (including phenoxy) is 1. The molecule has 0 atom stereocenters. The van der Waals surface area contributed by atoms with Crippen molar-refractivity contribution in [2.24, 2.45) is 0 Å². The highest BCUT2D eigenvalue weighted by Crippen LogP contribution is 2.31. The number of methoxy groups -OCH3 is 1. The predicted molar refractivity (Wildman–Crippen MR) is 101 cm³/mol. The second-order valence-corrected chi connectivity index (χ2v) is 6.09. The normalized spacial score (nSPS) is 10.8. The van der Waals surface area contributed by atoms with Crippen molar-refractivity contribution in [3.63, 3.8) is 0 Å². The maximum atomic E-state index is 13.9. The van der Waals surface area contributed by atoms with Gasteiger partial charge in [0.25, 0.3) is 5.91 Å². The molecule has 5 nitrogen and oxygen atoms in total. The van der Waals surface area contributed by atoms with Crippen LogP contribution < -0.4 is 10.1 Å². The summed E-state index contributed by atoms with van der Waals surface area (Å²) >= 11 is 0. The van der Waals surface area contributed by atoms with Crippen LogP contribution in [0.2, 0.25) is 0 Å². The maximum Gasteiger partial charge on any atom is 0.258 e. The number of benzene rings is 2. The summed E-state index contributed by atoms with van der Waals surface area (Å²) in [5, 5.41) is 2.62. The van der Waals surface area contributed by atoms with E-state index in [2.05, 4.69) is 10.3 Å². The number of hydrogen-bond acceptors (Lipinski definition) is 3. The van der Waals surface area contributed by atoms with E-state index in [0.29, 0.717) is 23.2 Å². The SMILES string of the molecule is COc1ccc(-c2cn3ccccc3n2)cc1NC(=O)c1ccc(F)cc1F. The van der Waals surface area contributed by atoms with Gasteiger partial charge >= 0.3 is 0 Å². The average molecular weight is 379 g/mol. The van der Waals surface area contributed by atoms with Crippen molar-refractivity contribution in [3.8, 4) is 17.0 Å². The number of carbonyl (C=O) groups is 1. The number of hydrogen-bond donors (Lipinski definition) is 1. The lowest BCUT2D eigenvalue weighted by Gasteiger charge is -2.12. The number of imidazole rings is 1. The molecule has 0 aliphatic carbocycles. The summed E-state index contributed by atoms with van der Waals surface area (Å²) in [6.07, 6.45) is 3.75.